The highest BCUT2D eigenvalue weighted by Crippen LogP contribution is 2.27. The fourth-order valence-corrected chi connectivity index (χ4v) is 3.18. The smallest absolute Gasteiger partial charge is 0.303 e. The molecule has 0 atom stereocenters. The lowest BCUT2D eigenvalue weighted by Crippen LogP contribution is -2.07. The predicted molar refractivity (Wildman–Crippen MR) is 93.5 cm³/mol. The maximum Gasteiger partial charge on any atom is 0.303 e. The van der Waals surface area contributed by atoms with Gasteiger partial charge >= 0.3 is 5.97 Å². The fraction of sp³-hybridized carbons (Fsp3) is 0.100. The topological polar surface area (TPSA) is 67.5 Å². The van der Waals surface area contributed by atoms with E-state index in [4.69, 9.17) is 9.52 Å². The molecule has 0 aliphatic rings. The van der Waals surface area contributed by atoms with Crippen molar-refractivity contribution in [2.24, 2.45) is 0 Å². The number of aliphatic carboxylic acids is 1. The molecular formula is C20H14O4. The van der Waals surface area contributed by atoms with Gasteiger partial charge < -0.3 is 9.52 Å². The van der Waals surface area contributed by atoms with Gasteiger partial charge in [-0.2, -0.15) is 0 Å². The minimum Gasteiger partial charge on any atom is -0.481 e. The van der Waals surface area contributed by atoms with E-state index in [1.807, 2.05) is 36.4 Å². The van der Waals surface area contributed by atoms with Crippen molar-refractivity contribution < 1.29 is 14.3 Å². The number of rotatable bonds is 3. The molecule has 0 amide bonds. The van der Waals surface area contributed by atoms with Crippen LogP contribution in [0.3, 0.4) is 0 Å². The molecule has 4 heteroatoms. The Kier molecular flexibility index (Phi) is 3.31. The van der Waals surface area contributed by atoms with E-state index in [1.165, 1.54) is 0 Å². The van der Waals surface area contributed by atoms with Gasteiger partial charge in [-0.05, 0) is 34.9 Å². The number of carboxylic acids is 1. The van der Waals surface area contributed by atoms with Crippen LogP contribution in [-0.2, 0) is 11.2 Å². The Bertz CT molecular complexity index is 1150. The van der Waals surface area contributed by atoms with Crippen molar-refractivity contribution in [3.8, 4) is 0 Å². The number of hydrogen-bond donors (Lipinski definition) is 1. The van der Waals surface area contributed by atoms with Crippen LogP contribution in [0.1, 0.15) is 12.0 Å². The molecule has 0 saturated heterocycles. The molecule has 24 heavy (non-hydrogen) atoms. The summed E-state index contributed by atoms with van der Waals surface area (Å²) in [4.78, 5) is 24.0. The van der Waals surface area contributed by atoms with Crippen LogP contribution in [0.2, 0.25) is 0 Å². The lowest BCUT2D eigenvalue weighted by molar-refractivity contribution is -0.136. The van der Waals surface area contributed by atoms with Crippen molar-refractivity contribution >= 4 is 38.7 Å². The molecule has 4 nitrogen and oxygen atoms in total. The summed E-state index contributed by atoms with van der Waals surface area (Å²) in [5, 5.41) is 11.8. The van der Waals surface area contributed by atoms with Crippen molar-refractivity contribution in [3.63, 3.8) is 0 Å². The van der Waals surface area contributed by atoms with E-state index in [1.54, 1.807) is 18.2 Å². The van der Waals surface area contributed by atoms with Gasteiger partial charge in [0.15, 0.2) is 0 Å². The van der Waals surface area contributed by atoms with E-state index in [0.717, 1.165) is 10.8 Å². The van der Waals surface area contributed by atoms with E-state index < -0.39 is 5.97 Å². The molecule has 0 saturated carbocycles. The number of aryl methyl sites for hydroxylation is 1. The van der Waals surface area contributed by atoms with Gasteiger partial charge in [-0.1, -0.05) is 42.5 Å². The molecule has 0 fully saturated rings. The summed E-state index contributed by atoms with van der Waals surface area (Å²) in [6.45, 7) is 0. The molecule has 0 bridgehead atoms. The molecule has 0 unspecified atom stereocenters. The van der Waals surface area contributed by atoms with Crippen molar-refractivity contribution in [1.29, 1.82) is 0 Å². The minimum atomic E-state index is -0.886. The minimum absolute atomic E-state index is 0.0217. The number of carbonyl (C=O) groups is 1. The zero-order chi connectivity index (χ0) is 16.7. The summed E-state index contributed by atoms with van der Waals surface area (Å²) in [6, 6.07) is 16.7. The number of hydrogen-bond acceptors (Lipinski definition) is 3. The second-order valence-corrected chi connectivity index (χ2v) is 5.78. The summed E-state index contributed by atoms with van der Waals surface area (Å²) in [5.41, 5.74) is 1.63. The maximum atomic E-state index is 13.2. The van der Waals surface area contributed by atoms with Gasteiger partial charge in [0.25, 0.3) is 0 Å². The summed E-state index contributed by atoms with van der Waals surface area (Å²) >= 11 is 0. The third-order valence-electron chi connectivity index (χ3n) is 4.29. The van der Waals surface area contributed by atoms with Gasteiger partial charge in [0, 0.05) is 6.42 Å². The van der Waals surface area contributed by atoms with Crippen molar-refractivity contribution in [2.45, 2.75) is 12.8 Å². The standard InChI is InChI=1S/C20H14O4/c21-17(22)11-9-13-5-3-7-15-18(13)20(23)19-14-6-2-1-4-12(14)8-10-16(19)24-15/h1-8,10H,9,11H2,(H,21,22). The van der Waals surface area contributed by atoms with E-state index in [9.17, 15) is 9.59 Å². The van der Waals surface area contributed by atoms with Gasteiger partial charge in [0.2, 0.25) is 5.43 Å². The van der Waals surface area contributed by atoms with Crippen LogP contribution in [0.25, 0.3) is 32.7 Å². The highest BCUT2D eigenvalue weighted by molar-refractivity contribution is 6.08. The van der Waals surface area contributed by atoms with E-state index >= 15 is 0 Å². The molecule has 1 N–H and O–H groups in total. The lowest BCUT2D eigenvalue weighted by atomic mass is 10.00. The fourth-order valence-electron chi connectivity index (χ4n) is 3.18. The van der Waals surface area contributed by atoms with Crippen molar-refractivity contribution in [2.75, 3.05) is 0 Å². The average molecular weight is 318 g/mol. The molecule has 0 aliphatic heterocycles. The molecule has 1 aromatic heterocycles. The van der Waals surface area contributed by atoms with Crippen LogP contribution in [0, 0.1) is 0 Å². The molecular weight excluding hydrogens is 304 g/mol. The summed E-state index contributed by atoms with van der Waals surface area (Å²) in [6.07, 6.45) is 0.278. The SMILES string of the molecule is O=C(O)CCc1cccc2oc3ccc4ccccc4c3c(=O)c12. The molecule has 4 aromatic rings. The molecule has 0 aliphatic carbocycles. The first-order valence-electron chi connectivity index (χ1n) is 7.73. The summed E-state index contributed by atoms with van der Waals surface area (Å²) in [5.74, 6) is -0.886. The molecule has 0 radical (unpaired) electrons. The highest BCUT2D eigenvalue weighted by atomic mass is 16.4. The quantitative estimate of drug-likeness (QED) is 0.456. The Morgan fingerprint density at radius 3 is 2.54 bits per heavy atom. The van der Waals surface area contributed by atoms with Gasteiger partial charge in [0.05, 0.1) is 10.8 Å². The Hall–Kier alpha value is -3.14. The summed E-state index contributed by atoms with van der Waals surface area (Å²) in [7, 11) is 0. The Morgan fingerprint density at radius 2 is 1.71 bits per heavy atom. The lowest BCUT2D eigenvalue weighted by Gasteiger charge is -2.08. The van der Waals surface area contributed by atoms with Gasteiger partial charge in [-0.3, -0.25) is 9.59 Å². The van der Waals surface area contributed by atoms with Crippen LogP contribution in [-0.4, -0.2) is 11.1 Å². The van der Waals surface area contributed by atoms with Crippen LogP contribution in [0.15, 0.2) is 63.8 Å². The molecule has 4 rings (SSSR count). The van der Waals surface area contributed by atoms with Crippen LogP contribution in [0.5, 0.6) is 0 Å². The zero-order valence-corrected chi connectivity index (χ0v) is 12.8. The normalized spacial score (nSPS) is 11.3. The Morgan fingerprint density at radius 1 is 0.917 bits per heavy atom. The van der Waals surface area contributed by atoms with Crippen LogP contribution in [0.4, 0.5) is 0 Å². The number of benzene rings is 3. The van der Waals surface area contributed by atoms with Crippen molar-refractivity contribution in [3.05, 3.63) is 70.4 Å². The second kappa shape index (κ2) is 5.49. The first kappa shape index (κ1) is 14.5. The molecule has 3 aromatic carbocycles. The predicted octanol–water partition coefficient (Wildman–Crippen LogP) is 4.12. The molecule has 0 spiro atoms. The van der Waals surface area contributed by atoms with E-state index in [-0.39, 0.29) is 11.8 Å². The summed E-state index contributed by atoms with van der Waals surface area (Å²) < 4.78 is 5.94. The van der Waals surface area contributed by atoms with Gasteiger partial charge in [-0.25, -0.2) is 0 Å². The molecule has 118 valence electrons. The number of carboxylic acid groups (broad SMARTS) is 1. The van der Waals surface area contributed by atoms with Crippen LogP contribution < -0.4 is 5.43 Å². The van der Waals surface area contributed by atoms with Crippen molar-refractivity contribution in [1.82, 2.24) is 0 Å². The first-order chi connectivity index (χ1) is 11.6. The monoisotopic (exact) mass is 318 g/mol. The maximum absolute atomic E-state index is 13.2. The highest BCUT2D eigenvalue weighted by Gasteiger charge is 2.14. The average Bonchev–Trinajstić information content (AvgIpc) is 2.59. The molecule has 1 heterocycles. The van der Waals surface area contributed by atoms with Gasteiger partial charge in [0.1, 0.15) is 11.2 Å². The second-order valence-electron chi connectivity index (χ2n) is 5.78. The zero-order valence-electron chi connectivity index (χ0n) is 12.8. The largest absolute Gasteiger partial charge is 0.481 e. The third kappa shape index (κ3) is 2.24. The Balaban J connectivity index is 2.11. The van der Waals surface area contributed by atoms with E-state index in [2.05, 4.69) is 0 Å². The third-order valence-corrected chi connectivity index (χ3v) is 4.29. The van der Waals surface area contributed by atoms with Crippen LogP contribution >= 0.6 is 0 Å². The first-order valence-corrected chi connectivity index (χ1v) is 7.73. The van der Waals surface area contributed by atoms with E-state index in [0.29, 0.717) is 33.9 Å². The van der Waals surface area contributed by atoms with Gasteiger partial charge in [-0.15, -0.1) is 0 Å². The Labute approximate surface area is 136 Å². The number of fused-ring (bicyclic) bond motifs is 4.